The Labute approximate surface area is 178 Å². The fraction of sp³-hybridized carbons (Fsp3) is 0.350. The van der Waals surface area contributed by atoms with Crippen molar-refractivity contribution in [2.24, 2.45) is 4.99 Å². The summed E-state index contributed by atoms with van der Waals surface area (Å²) in [5, 5.41) is 6.68. The van der Waals surface area contributed by atoms with Crippen molar-refractivity contribution >= 4 is 41.7 Å². The van der Waals surface area contributed by atoms with Gasteiger partial charge in [0.2, 0.25) is 0 Å². The number of rotatable bonds is 9. The number of halogens is 1. The quantitative estimate of drug-likeness (QED) is 0.183. The molecule has 6 heteroatoms. The van der Waals surface area contributed by atoms with Gasteiger partial charge in [-0.1, -0.05) is 42.5 Å². The Kier molecular flexibility index (Phi) is 12.2. The highest BCUT2D eigenvalue weighted by Gasteiger charge is 1.99. The number of guanidine groups is 1. The largest absolute Gasteiger partial charge is 0.380 e. The monoisotopic (exact) mass is 485 g/mol. The van der Waals surface area contributed by atoms with Crippen LogP contribution in [-0.4, -0.2) is 31.9 Å². The zero-order chi connectivity index (χ0) is 17.7. The first-order valence-corrected chi connectivity index (χ1v) is 9.57. The fourth-order valence-electron chi connectivity index (χ4n) is 2.27. The van der Waals surface area contributed by atoms with Gasteiger partial charge in [-0.3, -0.25) is 0 Å². The van der Waals surface area contributed by atoms with Gasteiger partial charge in [-0.25, -0.2) is 4.99 Å². The third-order valence-corrected chi connectivity index (χ3v) is 4.52. The predicted octanol–water partition coefficient (Wildman–Crippen LogP) is 4.30. The summed E-state index contributed by atoms with van der Waals surface area (Å²) < 4.78 is 5.14. The average molecular weight is 485 g/mol. The molecule has 142 valence electrons. The molecule has 0 aliphatic heterocycles. The summed E-state index contributed by atoms with van der Waals surface area (Å²) in [4.78, 5) is 5.95. The zero-order valence-corrected chi connectivity index (χ0v) is 18.6. The van der Waals surface area contributed by atoms with Crippen LogP contribution < -0.4 is 10.6 Å². The zero-order valence-electron chi connectivity index (χ0n) is 15.4. The Morgan fingerprint density at radius 3 is 2.35 bits per heavy atom. The molecule has 0 spiro atoms. The van der Waals surface area contributed by atoms with E-state index in [-0.39, 0.29) is 24.0 Å². The molecular weight excluding hydrogens is 457 g/mol. The molecule has 26 heavy (non-hydrogen) atoms. The van der Waals surface area contributed by atoms with Crippen molar-refractivity contribution in [3.8, 4) is 0 Å². The lowest BCUT2D eigenvalue weighted by atomic mass is 10.1. The molecule has 0 bridgehead atoms. The molecule has 0 saturated heterocycles. The highest BCUT2D eigenvalue weighted by atomic mass is 127. The van der Waals surface area contributed by atoms with E-state index in [1.54, 1.807) is 7.11 Å². The molecule has 2 N–H and O–H groups in total. The van der Waals surface area contributed by atoms with E-state index < -0.39 is 0 Å². The van der Waals surface area contributed by atoms with Crippen molar-refractivity contribution in [2.75, 3.05) is 26.0 Å². The van der Waals surface area contributed by atoms with E-state index in [9.17, 15) is 0 Å². The summed E-state index contributed by atoms with van der Waals surface area (Å²) in [6, 6.07) is 18.8. The van der Waals surface area contributed by atoms with Gasteiger partial charge in [0.15, 0.2) is 5.96 Å². The molecule has 0 aliphatic carbocycles. The first kappa shape index (κ1) is 22.8. The van der Waals surface area contributed by atoms with Gasteiger partial charge in [-0.05, 0) is 30.2 Å². The van der Waals surface area contributed by atoms with Gasteiger partial charge in [0.25, 0.3) is 0 Å². The Morgan fingerprint density at radius 2 is 1.69 bits per heavy atom. The minimum Gasteiger partial charge on any atom is -0.380 e. The van der Waals surface area contributed by atoms with E-state index >= 15 is 0 Å². The summed E-state index contributed by atoms with van der Waals surface area (Å²) in [5.74, 6) is 1.86. The van der Waals surface area contributed by atoms with Gasteiger partial charge >= 0.3 is 0 Å². The van der Waals surface area contributed by atoms with Gasteiger partial charge in [0, 0.05) is 30.8 Å². The second kappa shape index (κ2) is 13.9. The van der Waals surface area contributed by atoms with Crippen molar-refractivity contribution in [1.82, 2.24) is 10.6 Å². The molecule has 4 nitrogen and oxygen atoms in total. The highest BCUT2D eigenvalue weighted by Crippen LogP contribution is 2.15. The van der Waals surface area contributed by atoms with Crippen LogP contribution in [0.25, 0.3) is 0 Å². The van der Waals surface area contributed by atoms with Crippen LogP contribution in [0.1, 0.15) is 18.1 Å². The second-order valence-corrected chi connectivity index (χ2v) is 6.70. The maximum absolute atomic E-state index is 5.14. The van der Waals surface area contributed by atoms with Gasteiger partial charge in [-0.2, -0.15) is 0 Å². The van der Waals surface area contributed by atoms with Crippen LogP contribution in [-0.2, 0) is 17.9 Å². The van der Waals surface area contributed by atoms with Crippen LogP contribution in [0.2, 0.25) is 0 Å². The molecule has 0 fully saturated rings. The third-order valence-electron chi connectivity index (χ3n) is 3.50. The summed E-state index contributed by atoms with van der Waals surface area (Å²) in [6.07, 6.45) is 0. The SMILES string of the molecule is CCNC(=NCc1ccc(COC)cc1)NCCSc1ccccc1.I. The van der Waals surface area contributed by atoms with Crippen LogP contribution in [0.3, 0.4) is 0 Å². The molecule has 0 atom stereocenters. The molecule has 2 aromatic carbocycles. The number of methoxy groups -OCH3 is 1. The van der Waals surface area contributed by atoms with Crippen molar-refractivity contribution in [3.05, 3.63) is 65.7 Å². The lowest BCUT2D eigenvalue weighted by molar-refractivity contribution is 0.185. The van der Waals surface area contributed by atoms with Crippen LogP contribution in [0.15, 0.2) is 64.5 Å². The topological polar surface area (TPSA) is 45.7 Å². The number of ether oxygens (including phenoxy) is 1. The van der Waals surface area contributed by atoms with Crippen LogP contribution in [0, 0.1) is 0 Å². The summed E-state index contributed by atoms with van der Waals surface area (Å²) in [7, 11) is 1.71. The van der Waals surface area contributed by atoms with Gasteiger partial charge < -0.3 is 15.4 Å². The van der Waals surface area contributed by atoms with Crippen molar-refractivity contribution in [2.45, 2.75) is 25.0 Å². The van der Waals surface area contributed by atoms with Crippen molar-refractivity contribution in [1.29, 1.82) is 0 Å². The summed E-state index contributed by atoms with van der Waals surface area (Å²) in [6.45, 7) is 5.11. The Balaban J connectivity index is 0.00000338. The Hall–Kier alpha value is -1.25. The second-order valence-electron chi connectivity index (χ2n) is 5.53. The molecule has 2 rings (SSSR count). The minimum atomic E-state index is 0. The maximum atomic E-state index is 5.14. The van der Waals surface area contributed by atoms with Crippen molar-refractivity contribution < 1.29 is 4.74 Å². The predicted molar refractivity (Wildman–Crippen MR) is 123 cm³/mol. The molecule has 0 heterocycles. The number of aliphatic imine (C=N–C) groups is 1. The molecule has 0 aromatic heterocycles. The molecular formula is C20H28IN3OS. The van der Waals surface area contributed by atoms with E-state index in [0.717, 1.165) is 24.8 Å². The molecule has 0 unspecified atom stereocenters. The normalized spacial score (nSPS) is 10.9. The molecule has 0 radical (unpaired) electrons. The molecule has 2 aromatic rings. The van der Waals surface area contributed by atoms with Gasteiger partial charge in [-0.15, -0.1) is 35.7 Å². The number of nitrogens with zero attached hydrogens (tertiary/aromatic N) is 1. The highest BCUT2D eigenvalue weighted by molar-refractivity contribution is 14.0. The van der Waals surface area contributed by atoms with Crippen LogP contribution in [0.4, 0.5) is 0 Å². The minimum absolute atomic E-state index is 0. The standard InChI is InChI=1S/C20H27N3OS.HI/c1-3-21-20(22-13-14-25-19-7-5-4-6-8-19)23-15-17-9-11-18(12-10-17)16-24-2;/h4-12H,3,13-16H2,1-2H3,(H2,21,22,23);1H. The average Bonchev–Trinajstić information content (AvgIpc) is 2.65. The Bertz CT molecular complexity index is 635. The molecule has 0 amide bonds. The smallest absolute Gasteiger partial charge is 0.191 e. The number of thioether (sulfide) groups is 1. The number of hydrogen-bond donors (Lipinski definition) is 2. The maximum Gasteiger partial charge on any atom is 0.191 e. The van der Waals surface area contributed by atoms with E-state index in [0.29, 0.717) is 13.2 Å². The van der Waals surface area contributed by atoms with Crippen molar-refractivity contribution in [3.63, 3.8) is 0 Å². The first-order valence-electron chi connectivity index (χ1n) is 8.58. The summed E-state index contributed by atoms with van der Waals surface area (Å²) in [5.41, 5.74) is 2.37. The van der Waals surface area contributed by atoms with E-state index in [1.807, 2.05) is 17.8 Å². The molecule has 0 saturated carbocycles. The number of hydrogen-bond acceptors (Lipinski definition) is 3. The van der Waals surface area contributed by atoms with Crippen LogP contribution in [0.5, 0.6) is 0 Å². The Morgan fingerprint density at radius 1 is 1.00 bits per heavy atom. The van der Waals surface area contributed by atoms with Gasteiger partial charge in [0.05, 0.1) is 13.2 Å². The summed E-state index contributed by atoms with van der Waals surface area (Å²) >= 11 is 1.84. The van der Waals surface area contributed by atoms with E-state index in [2.05, 4.69) is 71.1 Å². The van der Waals surface area contributed by atoms with E-state index in [1.165, 1.54) is 16.0 Å². The third kappa shape index (κ3) is 8.91. The van der Waals surface area contributed by atoms with E-state index in [4.69, 9.17) is 4.74 Å². The first-order chi connectivity index (χ1) is 12.3. The molecule has 0 aliphatic rings. The fourth-order valence-corrected chi connectivity index (χ4v) is 3.06. The lowest BCUT2D eigenvalue weighted by Gasteiger charge is -2.11. The number of benzene rings is 2. The lowest BCUT2D eigenvalue weighted by Crippen LogP contribution is -2.38. The van der Waals surface area contributed by atoms with Gasteiger partial charge in [0.1, 0.15) is 0 Å². The van der Waals surface area contributed by atoms with Crippen LogP contribution >= 0.6 is 35.7 Å². The number of nitrogens with one attached hydrogen (secondary N) is 2.